The first-order chi connectivity index (χ1) is 7.70. The Labute approximate surface area is 96.2 Å². The van der Waals surface area contributed by atoms with Gasteiger partial charge in [0.15, 0.2) is 0 Å². The third-order valence-corrected chi connectivity index (χ3v) is 3.26. The van der Waals surface area contributed by atoms with E-state index < -0.39 is 0 Å². The van der Waals surface area contributed by atoms with Crippen LogP contribution in [-0.4, -0.2) is 13.1 Å². The molecule has 16 heavy (non-hydrogen) atoms. The van der Waals surface area contributed by atoms with Gasteiger partial charge in [-0.3, -0.25) is 0 Å². The summed E-state index contributed by atoms with van der Waals surface area (Å²) in [6.07, 6.45) is 2.50. The molecule has 1 aromatic carbocycles. The average molecular weight is 222 g/mol. The number of benzene rings is 1. The minimum absolute atomic E-state index is 0.200. The molecule has 2 N–H and O–H groups in total. The number of hydrogen-bond donors (Lipinski definition) is 1. The second kappa shape index (κ2) is 4.83. The van der Waals surface area contributed by atoms with Crippen LogP contribution >= 0.6 is 0 Å². The number of nitrogens with two attached hydrogens (primary N) is 1. The highest BCUT2D eigenvalue weighted by atomic mass is 19.1. The number of rotatable bonds is 2. The summed E-state index contributed by atoms with van der Waals surface area (Å²) in [4.78, 5) is 2.33. The molecule has 1 aliphatic heterocycles. The summed E-state index contributed by atoms with van der Waals surface area (Å²) in [7, 11) is 0. The Morgan fingerprint density at radius 1 is 1.50 bits per heavy atom. The van der Waals surface area contributed by atoms with E-state index in [0.29, 0.717) is 12.5 Å². The summed E-state index contributed by atoms with van der Waals surface area (Å²) < 4.78 is 13.1. The van der Waals surface area contributed by atoms with Gasteiger partial charge >= 0.3 is 0 Å². The first kappa shape index (κ1) is 11.4. The van der Waals surface area contributed by atoms with Gasteiger partial charge in [0.05, 0.1) is 0 Å². The van der Waals surface area contributed by atoms with Crippen LogP contribution in [0.1, 0.15) is 25.3 Å². The van der Waals surface area contributed by atoms with Gasteiger partial charge in [0.1, 0.15) is 5.82 Å². The molecule has 0 bridgehead atoms. The van der Waals surface area contributed by atoms with Crippen LogP contribution in [0.15, 0.2) is 18.2 Å². The zero-order chi connectivity index (χ0) is 11.5. The average Bonchev–Trinajstić information content (AvgIpc) is 2.28. The van der Waals surface area contributed by atoms with Gasteiger partial charge in [-0.05, 0) is 42.5 Å². The maximum Gasteiger partial charge on any atom is 0.123 e. The van der Waals surface area contributed by atoms with Gasteiger partial charge in [0, 0.05) is 25.3 Å². The van der Waals surface area contributed by atoms with Crippen molar-refractivity contribution in [2.75, 3.05) is 18.0 Å². The molecule has 1 aliphatic rings. The van der Waals surface area contributed by atoms with Crippen LogP contribution in [0, 0.1) is 11.7 Å². The van der Waals surface area contributed by atoms with E-state index in [1.165, 1.54) is 18.9 Å². The first-order valence-electron chi connectivity index (χ1n) is 5.94. The molecule has 0 spiro atoms. The van der Waals surface area contributed by atoms with Crippen LogP contribution in [-0.2, 0) is 6.54 Å². The quantitative estimate of drug-likeness (QED) is 0.833. The third kappa shape index (κ3) is 2.35. The molecule has 1 unspecified atom stereocenters. The molecule has 3 heteroatoms. The highest BCUT2D eigenvalue weighted by Crippen LogP contribution is 2.26. The molecule has 1 atom stereocenters. The molecule has 0 radical (unpaired) electrons. The van der Waals surface area contributed by atoms with Crippen molar-refractivity contribution in [2.24, 2.45) is 11.7 Å². The summed E-state index contributed by atoms with van der Waals surface area (Å²) in [6.45, 7) is 4.78. The zero-order valence-electron chi connectivity index (χ0n) is 9.75. The Morgan fingerprint density at radius 2 is 2.31 bits per heavy atom. The molecule has 1 saturated heterocycles. The van der Waals surface area contributed by atoms with Crippen molar-refractivity contribution >= 4 is 5.69 Å². The van der Waals surface area contributed by atoms with Crippen molar-refractivity contribution in [1.29, 1.82) is 0 Å². The molecule has 1 aromatic rings. The van der Waals surface area contributed by atoms with Gasteiger partial charge in [-0.1, -0.05) is 6.92 Å². The lowest BCUT2D eigenvalue weighted by Gasteiger charge is -2.34. The number of hydrogen-bond acceptors (Lipinski definition) is 2. The summed E-state index contributed by atoms with van der Waals surface area (Å²) in [5.74, 6) is 0.513. The second-order valence-electron chi connectivity index (χ2n) is 4.67. The number of anilines is 1. The predicted molar refractivity (Wildman–Crippen MR) is 64.9 cm³/mol. The van der Waals surface area contributed by atoms with Crippen LogP contribution in [0.5, 0.6) is 0 Å². The van der Waals surface area contributed by atoms with Gasteiger partial charge in [0.25, 0.3) is 0 Å². The monoisotopic (exact) mass is 222 g/mol. The van der Waals surface area contributed by atoms with Crippen LogP contribution in [0.3, 0.4) is 0 Å². The van der Waals surface area contributed by atoms with E-state index in [1.54, 1.807) is 6.07 Å². The Bertz CT molecular complexity index is 365. The number of halogens is 1. The smallest absolute Gasteiger partial charge is 0.123 e. The van der Waals surface area contributed by atoms with E-state index in [4.69, 9.17) is 5.73 Å². The van der Waals surface area contributed by atoms with E-state index in [0.717, 1.165) is 24.3 Å². The lowest BCUT2D eigenvalue weighted by molar-refractivity contribution is 0.446. The molecule has 0 aliphatic carbocycles. The van der Waals surface area contributed by atoms with Crippen molar-refractivity contribution in [1.82, 2.24) is 0 Å². The lowest BCUT2D eigenvalue weighted by atomic mass is 9.99. The second-order valence-corrected chi connectivity index (χ2v) is 4.67. The fourth-order valence-electron chi connectivity index (χ4n) is 2.43. The van der Waals surface area contributed by atoms with Gasteiger partial charge < -0.3 is 10.6 Å². The normalized spacial score (nSPS) is 21.2. The fourth-order valence-corrected chi connectivity index (χ4v) is 2.43. The number of nitrogens with zero attached hydrogens (tertiary/aromatic N) is 1. The standard InChI is InChI=1S/C13H19FN2/c1-10-3-2-6-16(9-10)13-5-4-12(14)7-11(13)8-15/h4-5,7,10H,2-3,6,8-9,15H2,1H3. The van der Waals surface area contributed by atoms with Crippen LogP contribution in [0.2, 0.25) is 0 Å². The molecule has 0 amide bonds. The minimum atomic E-state index is -0.200. The molecule has 88 valence electrons. The van der Waals surface area contributed by atoms with Gasteiger partial charge in [-0.25, -0.2) is 4.39 Å². The van der Waals surface area contributed by atoms with Crippen LogP contribution in [0.25, 0.3) is 0 Å². The fraction of sp³-hybridized carbons (Fsp3) is 0.538. The predicted octanol–water partition coefficient (Wildman–Crippen LogP) is 2.52. The van der Waals surface area contributed by atoms with Crippen LogP contribution < -0.4 is 10.6 Å². The Hall–Kier alpha value is -1.09. The van der Waals surface area contributed by atoms with E-state index in [1.807, 2.05) is 6.07 Å². The SMILES string of the molecule is CC1CCCN(c2ccc(F)cc2CN)C1. The molecule has 1 heterocycles. The Balaban J connectivity index is 2.24. The molecular formula is C13H19FN2. The van der Waals surface area contributed by atoms with E-state index >= 15 is 0 Å². The topological polar surface area (TPSA) is 29.3 Å². The molecule has 0 saturated carbocycles. The van der Waals surface area contributed by atoms with E-state index in [-0.39, 0.29) is 5.82 Å². The van der Waals surface area contributed by atoms with Gasteiger partial charge in [-0.2, -0.15) is 0 Å². The summed E-state index contributed by atoms with van der Waals surface area (Å²) in [5, 5.41) is 0. The minimum Gasteiger partial charge on any atom is -0.371 e. The van der Waals surface area contributed by atoms with Crippen LogP contribution in [0.4, 0.5) is 10.1 Å². The molecule has 1 fully saturated rings. The molecular weight excluding hydrogens is 203 g/mol. The Kier molecular flexibility index (Phi) is 3.44. The Morgan fingerprint density at radius 3 is 3.00 bits per heavy atom. The maximum atomic E-state index is 13.1. The van der Waals surface area contributed by atoms with Gasteiger partial charge in [-0.15, -0.1) is 0 Å². The van der Waals surface area contributed by atoms with Crippen molar-refractivity contribution < 1.29 is 4.39 Å². The lowest BCUT2D eigenvalue weighted by Crippen LogP contribution is -2.35. The van der Waals surface area contributed by atoms with E-state index in [9.17, 15) is 4.39 Å². The zero-order valence-corrected chi connectivity index (χ0v) is 9.75. The van der Waals surface area contributed by atoms with Crippen molar-refractivity contribution in [3.05, 3.63) is 29.6 Å². The van der Waals surface area contributed by atoms with Gasteiger partial charge in [0.2, 0.25) is 0 Å². The maximum absolute atomic E-state index is 13.1. The summed E-state index contributed by atoms with van der Waals surface area (Å²) in [6, 6.07) is 4.93. The third-order valence-electron chi connectivity index (χ3n) is 3.26. The molecule has 2 nitrogen and oxygen atoms in total. The van der Waals surface area contributed by atoms with Crippen molar-refractivity contribution in [3.63, 3.8) is 0 Å². The summed E-state index contributed by atoms with van der Waals surface area (Å²) in [5.41, 5.74) is 7.69. The largest absolute Gasteiger partial charge is 0.371 e. The number of piperidine rings is 1. The van der Waals surface area contributed by atoms with Crippen molar-refractivity contribution in [2.45, 2.75) is 26.3 Å². The molecule has 2 rings (SSSR count). The van der Waals surface area contributed by atoms with E-state index in [2.05, 4.69) is 11.8 Å². The van der Waals surface area contributed by atoms with Crippen molar-refractivity contribution in [3.8, 4) is 0 Å². The highest BCUT2D eigenvalue weighted by Gasteiger charge is 2.18. The highest BCUT2D eigenvalue weighted by molar-refractivity contribution is 5.54. The molecule has 0 aromatic heterocycles. The summed E-state index contributed by atoms with van der Waals surface area (Å²) >= 11 is 0. The first-order valence-corrected chi connectivity index (χ1v) is 5.94.